The standard InChI is InChI=1S/C12H16N2OS.ClH/c1-16-11-5-3-2-4-10(11)12(15)14-7-6-9(13)8-14;/h2-5,9H,6-8,13H2,1H3;1H/t9-;/m1./s1. The highest BCUT2D eigenvalue weighted by atomic mass is 35.5. The Hall–Kier alpha value is -0.710. The molecule has 1 aromatic rings. The first-order chi connectivity index (χ1) is 7.72. The largest absolute Gasteiger partial charge is 0.337 e. The third kappa shape index (κ3) is 3.15. The summed E-state index contributed by atoms with van der Waals surface area (Å²) in [6, 6.07) is 7.87. The first kappa shape index (κ1) is 14.4. The average Bonchev–Trinajstić information content (AvgIpc) is 2.75. The van der Waals surface area contributed by atoms with Gasteiger partial charge in [0.05, 0.1) is 5.56 Å². The van der Waals surface area contributed by atoms with Crippen molar-refractivity contribution >= 4 is 30.1 Å². The van der Waals surface area contributed by atoms with Crippen molar-refractivity contribution < 1.29 is 4.79 Å². The molecule has 17 heavy (non-hydrogen) atoms. The lowest BCUT2D eigenvalue weighted by Gasteiger charge is -2.17. The topological polar surface area (TPSA) is 46.3 Å². The van der Waals surface area contributed by atoms with Gasteiger partial charge in [-0.15, -0.1) is 24.2 Å². The second-order valence-electron chi connectivity index (χ2n) is 4.00. The summed E-state index contributed by atoms with van der Waals surface area (Å²) in [7, 11) is 0. The molecule has 5 heteroatoms. The van der Waals surface area contributed by atoms with E-state index in [4.69, 9.17) is 5.73 Å². The monoisotopic (exact) mass is 272 g/mol. The molecule has 0 radical (unpaired) electrons. The number of amides is 1. The third-order valence-corrected chi connectivity index (χ3v) is 3.65. The number of hydrogen-bond donors (Lipinski definition) is 1. The molecule has 0 aliphatic carbocycles. The molecular formula is C12H17ClN2OS. The van der Waals surface area contributed by atoms with Crippen LogP contribution < -0.4 is 5.73 Å². The number of carbonyl (C=O) groups excluding carboxylic acids is 1. The molecule has 0 bridgehead atoms. The molecule has 1 aliphatic heterocycles. The Morgan fingerprint density at radius 3 is 2.76 bits per heavy atom. The molecule has 94 valence electrons. The number of thioether (sulfide) groups is 1. The van der Waals surface area contributed by atoms with Crippen molar-refractivity contribution in [3.8, 4) is 0 Å². The molecule has 0 spiro atoms. The molecule has 1 fully saturated rings. The number of halogens is 1. The maximum atomic E-state index is 12.2. The van der Waals surface area contributed by atoms with Gasteiger partial charge < -0.3 is 10.6 Å². The quantitative estimate of drug-likeness (QED) is 0.838. The number of carbonyl (C=O) groups is 1. The highest BCUT2D eigenvalue weighted by molar-refractivity contribution is 7.98. The van der Waals surface area contributed by atoms with Crippen molar-refractivity contribution in [2.45, 2.75) is 17.4 Å². The van der Waals surface area contributed by atoms with Crippen LogP contribution in [0.25, 0.3) is 0 Å². The van der Waals surface area contributed by atoms with Crippen molar-refractivity contribution in [2.75, 3.05) is 19.3 Å². The lowest BCUT2D eigenvalue weighted by atomic mass is 10.2. The Balaban J connectivity index is 0.00000144. The molecule has 0 aromatic heterocycles. The minimum absolute atomic E-state index is 0. The predicted molar refractivity (Wildman–Crippen MR) is 74.0 cm³/mol. The number of hydrogen-bond acceptors (Lipinski definition) is 3. The molecule has 2 N–H and O–H groups in total. The number of nitrogens with two attached hydrogens (primary N) is 1. The predicted octanol–water partition coefficient (Wildman–Crippen LogP) is 2.00. The summed E-state index contributed by atoms with van der Waals surface area (Å²) in [5, 5.41) is 0. The number of nitrogens with zero attached hydrogens (tertiary/aromatic N) is 1. The van der Waals surface area contributed by atoms with E-state index in [1.165, 1.54) is 0 Å². The van der Waals surface area contributed by atoms with Gasteiger partial charge in [-0.2, -0.15) is 0 Å². The van der Waals surface area contributed by atoms with Crippen molar-refractivity contribution in [1.29, 1.82) is 0 Å². The van der Waals surface area contributed by atoms with Gasteiger partial charge in [-0.1, -0.05) is 12.1 Å². The Morgan fingerprint density at radius 1 is 1.47 bits per heavy atom. The van der Waals surface area contributed by atoms with Crippen molar-refractivity contribution in [1.82, 2.24) is 4.90 Å². The molecule has 1 atom stereocenters. The zero-order chi connectivity index (χ0) is 11.5. The maximum Gasteiger partial charge on any atom is 0.255 e. The average molecular weight is 273 g/mol. The van der Waals surface area contributed by atoms with E-state index >= 15 is 0 Å². The summed E-state index contributed by atoms with van der Waals surface area (Å²) in [5.74, 6) is 0.109. The molecule has 1 amide bonds. The Bertz CT molecular complexity index is 400. The second-order valence-corrected chi connectivity index (χ2v) is 4.85. The van der Waals surface area contributed by atoms with Crippen LogP contribution in [0.5, 0.6) is 0 Å². The van der Waals surface area contributed by atoms with Crippen LogP contribution in [0.4, 0.5) is 0 Å². The van der Waals surface area contributed by atoms with E-state index in [-0.39, 0.29) is 24.4 Å². The van der Waals surface area contributed by atoms with Crippen LogP contribution in [0.2, 0.25) is 0 Å². The molecule has 2 rings (SSSR count). The van der Waals surface area contributed by atoms with Gasteiger partial charge in [0, 0.05) is 24.0 Å². The van der Waals surface area contributed by atoms with Crippen molar-refractivity contribution in [3.05, 3.63) is 29.8 Å². The van der Waals surface area contributed by atoms with Crippen molar-refractivity contribution in [2.24, 2.45) is 5.73 Å². The van der Waals surface area contributed by atoms with E-state index in [0.717, 1.165) is 23.4 Å². The summed E-state index contributed by atoms with van der Waals surface area (Å²) in [6.07, 6.45) is 2.90. The smallest absolute Gasteiger partial charge is 0.255 e. The Kier molecular flexibility index (Phi) is 5.31. The van der Waals surface area contributed by atoms with Gasteiger partial charge in [0.2, 0.25) is 0 Å². The summed E-state index contributed by atoms with van der Waals surface area (Å²) in [6.45, 7) is 1.46. The Labute approximate surface area is 112 Å². The van der Waals surface area contributed by atoms with Gasteiger partial charge in [-0.3, -0.25) is 4.79 Å². The van der Waals surface area contributed by atoms with Crippen LogP contribution in [0.15, 0.2) is 29.2 Å². The minimum atomic E-state index is 0. The van der Waals surface area contributed by atoms with Crippen LogP contribution in [0.3, 0.4) is 0 Å². The van der Waals surface area contributed by atoms with Crippen LogP contribution in [-0.4, -0.2) is 36.2 Å². The van der Waals surface area contributed by atoms with E-state index < -0.39 is 0 Å². The van der Waals surface area contributed by atoms with Crippen LogP contribution >= 0.6 is 24.2 Å². The number of benzene rings is 1. The highest BCUT2D eigenvalue weighted by Gasteiger charge is 2.25. The molecule has 0 unspecified atom stereocenters. The lowest BCUT2D eigenvalue weighted by Crippen LogP contribution is -2.32. The zero-order valence-corrected chi connectivity index (χ0v) is 11.4. The van der Waals surface area contributed by atoms with Gasteiger partial charge in [0.25, 0.3) is 5.91 Å². The first-order valence-corrected chi connectivity index (χ1v) is 6.62. The van der Waals surface area contributed by atoms with E-state index in [0.29, 0.717) is 6.54 Å². The molecule has 1 heterocycles. The number of likely N-dealkylation sites (tertiary alicyclic amines) is 1. The van der Waals surface area contributed by atoms with Gasteiger partial charge >= 0.3 is 0 Å². The fourth-order valence-electron chi connectivity index (χ4n) is 1.96. The summed E-state index contributed by atoms with van der Waals surface area (Å²) in [5.41, 5.74) is 6.61. The zero-order valence-electron chi connectivity index (χ0n) is 9.76. The lowest BCUT2D eigenvalue weighted by molar-refractivity contribution is 0.0787. The molecule has 1 saturated heterocycles. The number of rotatable bonds is 2. The molecule has 1 aromatic carbocycles. The second kappa shape index (κ2) is 6.28. The highest BCUT2D eigenvalue weighted by Crippen LogP contribution is 2.22. The van der Waals surface area contributed by atoms with Gasteiger partial charge in [-0.25, -0.2) is 0 Å². The third-order valence-electron chi connectivity index (χ3n) is 2.85. The first-order valence-electron chi connectivity index (χ1n) is 5.40. The molecule has 0 saturated carbocycles. The Morgan fingerprint density at radius 2 is 2.18 bits per heavy atom. The molecule has 3 nitrogen and oxygen atoms in total. The minimum Gasteiger partial charge on any atom is -0.337 e. The molecule has 1 aliphatic rings. The fraction of sp³-hybridized carbons (Fsp3) is 0.417. The van der Waals surface area contributed by atoms with Crippen LogP contribution in [-0.2, 0) is 0 Å². The van der Waals surface area contributed by atoms with Gasteiger partial charge in [-0.05, 0) is 24.8 Å². The summed E-state index contributed by atoms with van der Waals surface area (Å²) >= 11 is 1.60. The van der Waals surface area contributed by atoms with E-state index in [1.807, 2.05) is 35.4 Å². The maximum absolute atomic E-state index is 12.2. The van der Waals surface area contributed by atoms with Crippen molar-refractivity contribution in [3.63, 3.8) is 0 Å². The van der Waals surface area contributed by atoms with Crippen LogP contribution in [0, 0.1) is 0 Å². The molecular weight excluding hydrogens is 256 g/mol. The van der Waals surface area contributed by atoms with E-state index in [2.05, 4.69) is 0 Å². The summed E-state index contributed by atoms with van der Waals surface area (Å²) in [4.78, 5) is 15.1. The van der Waals surface area contributed by atoms with E-state index in [1.54, 1.807) is 11.8 Å². The SMILES string of the molecule is CSc1ccccc1C(=O)N1CC[C@@H](N)C1.Cl. The van der Waals surface area contributed by atoms with Gasteiger partial charge in [0.15, 0.2) is 0 Å². The summed E-state index contributed by atoms with van der Waals surface area (Å²) < 4.78 is 0. The van der Waals surface area contributed by atoms with Crippen LogP contribution in [0.1, 0.15) is 16.8 Å². The van der Waals surface area contributed by atoms with E-state index in [9.17, 15) is 4.79 Å². The fourth-order valence-corrected chi connectivity index (χ4v) is 2.55. The normalized spacial score (nSPS) is 18.9. The van der Waals surface area contributed by atoms with Gasteiger partial charge in [0.1, 0.15) is 0 Å².